The van der Waals surface area contributed by atoms with Gasteiger partial charge in [-0.05, 0) is 42.3 Å². The van der Waals surface area contributed by atoms with Crippen LogP contribution in [-0.2, 0) is 13.0 Å². The van der Waals surface area contributed by atoms with Gasteiger partial charge in [-0.15, -0.1) is 0 Å². The number of amides is 1. The van der Waals surface area contributed by atoms with Gasteiger partial charge in [0.05, 0.1) is 14.2 Å². The van der Waals surface area contributed by atoms with Gasteiger partial charge in [-0.1, -0.05) is 0 Å². The fourth-order valence-corrected chi connectivity index (χ4v) is 2.72. The van der Waals surface area contributed by atoms with Gasteiger partial charge in [-0.25, -0.2) is 0 Å². The molecule has 1 aliphatic rings. The van der Waals surface area contributed by atoms with Gasteiger partial charge >= 0.3 is 0 Å². The first-order chi connectivity index (χ1) is 11.2. The van der Waals surface area contributed by atoms with Crippen LogP contribution in [0.2, 0.25) is 0 Å². The summed E-state index contributed by atoms with van der Waals surface area (Å²) in [5.74, 6) is 1.34. The van der Waals surface area contributed by atoms with E-state index in [4.69, 9.17) is 9.47 Å². The molecule has 120 valence electrons. The third-order valence-electron chi connectivity index (χ3n) is 4.01. The van der Waals surface area contributed by atoms with Gasteiger partial charge in [0.15, 0.2) is 0 Å². The molecule has 0 fully saturated rings. The van der Waals surface area contributed by atoms with Crippen LogP contribution in [0.25, 0.3) is 0 Å². The summed E-state index contributed by atoms with van der Waals surface area (Å²) in [7, 11) is 3.21. The first kappa shape index (κ1) is 15.2. The van der Waals surface area contributed by atoms with E-state index in [9.17, 15) is 4.79 Å². The molecule has 0 saturated carbocycles. The van der Waals surface area contributed by atoms with Crippen molar-refractivity contribution in [2.75, 3.05) is 26.1 Å². The predicted octanol–water partition coefficient (Wildman–Crippen LogP) is 2.60. The molecular formula is C18H20N2O3. The van der Waals surface area contributed by atoms with Crippen molar-refractivity contribution in [2.24, 2.45) is 0 Å². The van der Waals surface area contributed by atoms with Gasteiger partial charge < -0.3 is 20.1 Å². The summed E-state index contributed by atoms with van der Waals surface area (Å²) in [6.07, 6.45) is 0.961. The summed E-state index contributed by atoms with van der Waals surface area (Å²) < 4.78 is 10.5. The van der Waals surface area contributed by atoms with Crippen LogP contribution in [0, 0.1) is 0 Å². The number of rotatable bonds is 5. The zero-order valence-electron chi connectivity index (χ0n) is 13.3. The predicted molar refractivity (Wildman–Crippen MR) is 89.4 cm³/mol. The number of hydrogen-bond acceptors (Lipinski definition) is 4. The number of benzene rings is 2. The Bertz CT molecular complexity index is 728. The van der Waals surface area contributed by atoms with Crippen LogP contribution in [-0.4, -0.2) is 26.7 Å². The third-order valence-corrected chi connectivity index (χ3v) is 4.01. The summed E-state index contributed by atoms with van der Waals surface area (Å²) >= 11 is 0. The standard InChI is InChI=1S/C18H20N2O3/c1-22-15-5-3-14(17(10-15)23-2)11-20-18(21)13-4-6-16-12(9-13)7-8-19-16/h3-6,9-10,19H,7-8,11H2,1-2H3,(H,20,21). The zero-order chi connectivity index (χ0) is 16.2. The van der Waals surface area contributed by atoms with Gasteiger partial charge in [0.1, 0.15) is 11.5 Å². The van der Waals surface area contributed by atoms with Crippen LogP contribution in [0.1, 0.15) is 21.5 Å². The summed E-state index contributed by atoms with van der Waals surface area (Å²) in [5.41, 5.74) is 3.91. The average Bonchev–Trinajstić information content (AvgIpc) is 3.07. The Morgan fingerprint density at radius 2 is 2.04 bits per heavy atom. The number of fused-ring (bicyclic) bond motifs is 1. The van der Waals surface area contributed by atoms with Crippen molar-refractivity contribution in [1.29, 1.82) is 0 Å². The highest BCUT2D eigenvalue weighted by atomic mass is 16.5. The number of anilines is 1. The average molecular weight is 312 g/mol. The topological polar surface area (TPSA) is 59.6 Å². The number of methoxy groups -OCH3 is 2. The molecule has 5 nitrogen and oxygen atoms in total. The van der Waals surface area contributed by atoms with Crippen molar-refractivity contribution in [3.8, 4) is 11.5 Å². The summed E-state index contributed by atoms with van der Waals surface area (Å²) in [6, 6.07) is 11.3. The molecule has 2 aromatic rings. The SMILES string of the molecule is COc1ccc(CNC(=O)c2ccc3c(c2)CCN3)c(OC)c1. The smallest absolute Gasteiger partial charge is 0.251 e. The normalized spacial score (nSPS) is 12.3. The largest absolute Gasteiger partial charge is 0.497 e. The van der Waals surface area contributed by atoms with Crippen LogP contribution in [0.3, 0.4) is 0 Å². The quantitative estimate of drug-likeness (QED) is 0.891. The molecule has 0 spiro atoms. The van der Waals surface area contributed by atoms with E-state index in [1.165, 1.54) is 5.56 Å². The van der Waals surface area contributed by atoms with Crippen molar-refractivity contribution >= 4 is 11.6 Å². The Hall–Kier alpha value is -2.69. The second-order valence-corrected chi connectivity index (χ2v) is 5.41. The highest BCUT2D eigenvalue weighted by Crippen LogP contribution is 2.25. The number of nitrogens with one attached hydrogen (secondary N) is 2. The van der Waals surface area contributed by atoms with Gasteiger partial charge in [-0.3, -0.25) is 4.79 Å². The van der Waals surface area contributed by atoms with Crippen LogP contribution >= 0.6 is 0 Å². The Morgan fingerprint density at radius 3 is 2.83 bits per heavy atom. The van der Waals surface area contributed by atoms with E-state index in [-0.39, 0.29) is 5.91 Å². The maximum absolute atomic E-state index is 12.3. The van der Waals surface area contributed by atoms with E-state index < -0.39 is 0 Å². The van der Waals surface area contributed by atoms with E-state index in [0.717, 1.165) is 30.0 Å². The molecule has 5 heteroatoms. The molecule has 0 aliphatic carbocycles. The second kappa shape index (κ2) is 6.60. The van der Waals surface area contributed by atoms with E-state index in [1.54, 1.807) is 14.2 Å². The lowest BCUT2D eigenvalue weighted by molar-refractivity contribution is 0.0950. The van der Waals surface area contributed by atoms with Crippen LogP contribution in [0.5, 0.6) is 11.5 Å². The fourth-order valence-electron chi connectivity index (χ4n) is 2.72. The summed E-state index contributed by atoms with van der Waals surface area (Å²) in [4.78, 5) is 12.3. The number of hydrogen-bond donors (Lipinski definition) is 2. The Morgan fingerprint density at radius 1 is 1.17 bits per heavy atom. The van der Waals surface area contributed by atoms with Gasteiger partial charge in [0.2, 0.25) is 0 Å². The van der Waals surface area contributed by atoms with Crippen LogP contribution in [0.15, 0.2) is 36.4 Å². The molecule has 1 aliphatic heterocycles. The Labute approximate surface area is 135 Å². The molecule has 1 amide bonds. The molecular weight excluding hydrogens is 292 g/mol. The van der Waals surface area contributed by atoms with Gasteiger partial charge in [0.25, 0.3) is 5.91 Å². The lowest BCUT2D eigenvalue weighted by Crippen LogP contribution is -2.23. The summed E-state index contributed by atoms with van der Waals surface area (Å²) in [6.45, 7) is 1.34. The van der Waals surface area contributed by atoms with E-state index in [0.29, 0.717) is 17.9 Å². The molecule has 0 saturated heterocycles. The monoisotopic (exact) mass is 312 g/mol. The highest BCUT2D eigenvalue weighted by molar-refractivity contribution is 5.95. The van der Waals surface area contributed by atoms with Crippen molar-refractivity contribution in [3.05, 3.63) is 53.1 Å². The number of carbonyl (C=O) groups is 1. The van der Waals surface area contributed by atoms with Crippen molar-refractivity contribution in [3.63, 3.8) is 0 Å². The number of carbonyl (C=O) groups excluding carboxylic acids is 1. The molecule has 2 aromatic carbocycles. The molecule has 1 heterocycles. The molecule has 2 N–H and O–H groups in total. The fraction of sp³-hybridized carbons (Fsp3) is 0.278. The van der Waals surface area contributed by atoms with Gasteiger partial charge in [-0.2, -0.15) is 0 Å². The van der Waals surface area contributed by atoms with E-state index >= 15 is 0 Å². The molecule has 0 radical (unpaired) electrons. The Balaban J connectivity index is 1.69. The maximum atomic E-state index is 12.3. The van der Waals surface area contributed by atoms with Gasteiger partial charge in [0, 0.05) is 36.0 Å². The Kier molecular flexibility index (Phi) is 4.37. The molecule has 0 unspecified atom stereocenters. The van der Waals surface area contributed by atoms with Crippen molar-refractivity contribution in [2.45, 2.75) is 13.0 Å². The minimum atomic E-state index is -0.0856. The third kappa shape index (κ3) is 3.23. The first-order valence-electron chi connectivity index (χ1n) is 7.57. The lowest BCUT2D eigenvalue weighted by atomic mass is 10.1. The second-order valence-electron chi connectivity index (χ2n) is 5.41. The molecule has 0 bridgehead atoms. The zero-order valence-corrected chi connectivity index (χ0v) is 13.3. The minimum absolute atomic E-state index is 0.0856. The maximum Gasteiger partial charge on any atom is 0.251 e. The van der Waals surface area contributed by atoms with E-state index in [1.807, 2.05) is 36.4 Å². The van der Waals surface area contributed by atoms with Crippen LogP contribution < -0.4 is 20.1 Å². The number of ether oxygens (including phenoxy) is 2. The molecule has 0 aromatic heterocycles. The minimum Gasteiger partial charge on any atom is -0.497 e. The molecule has 3 rings (SSSR count). The van der Waals surface area contributed by atoms with Crippen molar-refractivity contribution in [1.82, 2.24) is 5.32 Å². The highest BCUT2D eigenvalue weighted by Gasteiger charge is 2.14. The van der Waals surface area contributed by atoms with Crippen molar-refractivity contribution < 1.29 is 14.3 Å². The first-order valence-corrected chi connectivity index (χ1v) is 7.57. The molecule has 23 heavy (non-hydrogen) atoms. The van der Waals surface area contributed by atoms with Crippen LogP contribution in [0.4, 0.5) is 5.69 Å². The summed E-state index contributed by atoms with van der Waals surface area (Å²) in [5, 5.41) is 6.23. The van der Waals surface area contributed by atoms with E-state index in [2.05, 4.69) is 10.6 Å². The lowest BCUT2D eigenvalue weighted by Gasteiger charge is -2.12. The molecule has 0 atom stereocenters.